The van der Waals surface area contributed by atoms with Gasteiger partial charge in [-0.25, -0.2) is 13.8 Å². The Hall–Kier alpha value is -3.54. The molecule has 0 fully saturated rings. The Morgan fingerprint density at radius 3 is 2.48 bits per heavy atom. The van der Waals surface area contributed by atoms with Crippen LogP contribution in [-0.2, 0) is 11.3 Å². The van der Waals surface area contributed by atoms with Crippen molar-refractivity contribution < 1.29 is 13.6 Å². The van der Waals surface area contributed by atoms with E-state index in [1.165, 1.54) is 30.5 Å². The van der Waals surface area contributed by atoms with Crippen molar-refractivity contribution in [2.24, 2.45) is 0 Å². The quantitative estimate of drug-likeness (QED) is 0.627. The first-order chi connectivity index (χ1) is 13.1. The van der Waals surface area contributed by atoms with Crippen molar-refractivity contribution in [1.82, 2.24) is 4.98 Å². The molecule has 0 bridgehead atoms. The van der Waals surface area contributed by atoms with Gasteiger partial charge in [-0.05, 0) is 42.0 Å². The van der Waals surface area contributed by atoms with Crippen molar-refractivity contribution in [3.63, 3.8) is 0 Å². The molecular weight excluding hydrogens is 348 g/mol. The SMILES string of the molecule is O=C(/C=C/c1ccc(F)cc1)Nc1ccc(NCc2ccccc2F)nc1. The maximum atomic E-state index is 13.6. The molecule has 1 heterocycles. The molecular formula is C21H17F2N3O. The molecule has 6 heteroatoms. The van der Waals surface area contributed by atoms with Crippen LogP contribution in [-0.4, -0.2) is 10.9 Å². The van der Waals surface area contributed by atoms with Crippen LogP contribution in [0.15, 0.2) is 72.9 Å². The van der Waals surface area contributed by atoms with E-state index >= 15 is 0 Å². The molecule has 27 heavy (non-hydrogen) atoms. The minimum absolute atomic E-state index is 0.276. The minimum atomic E-state index is -0.327. The number of nitrogens with zero attached hydrogens (tertiary/aromatic N) is 1. The zero-order valence-electron chi connectivity index (χ0n) is 14.3. The van der Waals surface area contributed by atoms with E-state index in [2.05, 4.69) is 15.6 Å². The van der Waals surface area contributed by atoms with Crippen LogP contribution in [0.2, 0.25) is 0 Å². The average Bonchev–Trinajstić information content (AvgIpc) is 2.68. The Labute approximate surface area is 155 Å². The van der Waals surface area contributed by atoms with Crippen LogP contribution in [0, 0.1) is 11.6 Å². The predicted octanol–water partition coefficient (Wildman–Crippen LogP) is 4.62. The number of halogens is 2. The van der Waals surface area contributed by atoms with Gasteiger partial charge in [-0.15, -0.1) is 0 Å². The van der Waals surface area contributed by atoms with Gasteiger partial charge < -0.3 is 10.6 Å². The molecule has 136 valence electrons. The van der Waals surface area contributed by atoms with Gasteiger partial charge in [0.1, 0.15) is 17.5 Å². The van der Waals surface area contributed by atoms with Gasteiger partial charge in [0.05, 0.1) is 11.9 Å². The lowest BCUT2D eigenvalue weighted by Crippen LogP contribution is -2.08. The molecule has 1 amide bonds. The summed E-state index contributed by atoms with van der Waals surface area (Å²) in [6.07, 6.45) is 4.46. The molecule has 0 saturated heterocycles. The highest BCUT2D eigenvalue weighted by molar-refractivity contribution is 6.01. The number of carbonyl (C=O) groups is 1. The van der Waals surface area contributed by atoms with Gasteiger partial charge in [-0.1, -0.05) is 30.3 Å². The maximum Gasteiger partial charge on any atom is 0.248 e. The fourth-order valence-corrected chi connectivity index (χ4v) is 2.33. The summed E-state index contributed by atoms with van der Waals surface area (Å²) >= 11 is 0. The second-order valence-corrected chi connectivity index (χ2v) is 5.75. The number of hydrogen-bond donors (Lipinski definition) is 2. The van der Waals surface area contributed by atoms with E-state index < -0.39 is 0 Å². The number of nitrogens with one attached hydrogen (secondary N) is 2. The van der Waals surface area contributed by atoms with Gasteiger partial charge in [0.15, 0.2) is 0 Å². The second kappa shape index (κ2) is 8.71. The fraction of sp³-hybridized carbons (Fsp3) is 0.0476. The first-order valence-corrected chi connectivity index (χ1v) is 8.28. The summed E-state index contributed by atoms with van der Waals surface area (Å²) in [5.74, 6) is -0.362. The third-order valence-electron chi connectivity index (χ3n) is 3.75. The highest BCUT2D eigenvalue weighted by atomic mass is 19.1. The lowest BCUT2D eigenvalue weighted by atomic mass is 10.2. The van der Waals surface area contributed by atoms with Gasteiger partial charge in [-0.2, -0.15) is 0 Å². The minimum Gasteiger partial charge on any atom is -0.366 e. The Balaban J connectivity index is 1.53. The van der Waals surface area contributed by atoms with Crippen molar-refractivity contribution in [2.45, 2.75) is 6.54 Å². The molecule has 0 unspecified atom stereocenters. The Kier molecular flexibility index (Phi) is 5.89. The van der Waals surface area contributed by atoms with Crippen molar-refractivity contribution in [2.75, 3.05) is 10.6 Å². The number of hydrogen-bond acceptors (Lipinski definition) is 3. The standard InChI is InChI=1S/C21H17F2N3O/c22-17-8-5-15(6-9-17)7-12-21(27)26-18-10-11-20(25-14-18)24-13-16-3-1-2-4-19(16)23/h1-12,14H,13H2,(H,24,25)(H,26,27)/b12-7+. The number of carbonyl (C=O) groups excluding carboxylic acids is 1. The number of anilines is 2. The molecule has 3 aromatic rings. The number of pyridine rings is 1. The van der Waals surface area contributed by atoms with Crippen molar-refractivity contribution in [3.8, 4) is 0 Å². The normalized spacial score (nSPS) is 10.7. The lowest BCUT2D eigenvalue weighted by molar-refractivity contribution is -0.111. The van der Waals surface area contributed by atoms with E-state index in [1.54, 1.807) is 48.5 Å². The molecule has 0 aliphatic carbocycles. The predicted molar refractivity (Wildman–Crippen MR) is 102 cm³/mol. The first-order valence-electron chi connectivity index (χ1n) is 8.28. The number of rotatable bonds is 6. The fourth-order valence-electron chi connectivity index (χ4n) is 2.33. The maximum absolute atomic E-state index is 13.6. The highest BCUT2D eigenvalue weighted by Crippen LogP contribution is 2.13. The van der Waals surface area contributed by atoms with Crippen molar-refractivity contribution in [3.05, 3.63) is 95.7 Å². The molecule has 0 radical (unpaired) electrons. The van der Waals surface area contributed by atoms with E-state index in [1.807, 2.05) is 0 Å². The largest absolute Gasteiger partial charge is 0.366 e. The first kappa shape index (κ1) is 18.3. The van der Waals surface area contributed by atoms with Crippen LogP contribution >= 0.6 is 0 Å². The molecule has 3 rings (SSSR count). The van der Waals surface area contributed by atoms with E-state index in [0.29, 0.717) is 23.6 Å². The zero-order valence-corrected chi connectivity index (χ0v) is 14.3. The lowest BCUT2D eigenvalue weighted by Gasteiger charge is -2.07. The molecule has 1 aromatic heterocycles. The smallest absolute Gasteiger partial charge is 0.248 e. The molecule has 0 aliphatic heterocycles. The van der Waals surface area contributed by atoms with Gasteiger partial charge in [0.25, 0.3) is 0 Å². The van der Waals surface area contributed by atoms with Crippen LogP contribution in [0.1, 0.15) is 11.1 Å². The number of benzene rings is 2. The van der Waals surface area contributed by atoms with E-state index in [0.717, 1.165) is 5.56 Å². The third-order valence-corrected chi connectivity index (χ3v) is 3.75. The molecule has 0 atom stereocenters. The second-order valence-electron chi connectivity index (χ2n) is 5.75. The Morgan fingerprint density at radius 2 is 1.78 bits per heavy atom. The summed E-state index contributed by atoms with van der Waals surface area (Å²) in [7, 11) is 0. The topological polar surface area (TPSA) is 54.0 Å². The summed E-state index contributed by atoms with van der Waals surface area (Å²) in [6.45, 7) is 0.311. The van der Waals surface area contributed by atoms with Gasteiger partial charge in [-0.3, -0.25) is 4.79 Å². The van der Waals surface area contributed by atoms with Crippen LogP contribution in [0.4, 0.5) is 20.3 Å². The summed E-state index contributed by atoms with van der Waals surface area (Å²) in [5.41, 5.74) is 1.79. The van der Waals surface area contributed by atoms with E-state index in [-0.39, 0.29) is 17.5 Å². The molecule has 0 aliphatic rings. The third kappa shape index (κ3) is 5.47. The van der Waals surface area contributed by atoms with E-state index in [9.17, 15) is 13.6 Å². The van der Waals surface area contributed by atoms with Crippen LogP contribution in [0.3, 0.4) is 0 Å². The van der Waals surface area contributed by atoms with Crippen molar-refractivity contribution >= 4 is 23.5 Å². The molecule has 0 spiro atoms. The van der Waals surface area contributed by atoms with Crippen molar-refractivity contribution in [1.29, 1.82) is 0 Å². The van der Waals surface area contributed by atoms with Crippen LogP contribution < -0.4 is 10.6 Å². The molecule has 4 nitrogen and oxygen atoms in total. The molecule has 2 N–H and O–H groups in total. The van der Waals surface area contributed by atoms with Gasteiger partial charge in [0.2, 0.25) is 5.91 Å². The Morgan fingerprint density at radius 1 is 1.00 bits per heavy atom. The van der Waals surface area contributed by atoms with Crippen LogP contribution in [0.5, 0.6) is 0 Å². The zero-order chi connectivity index (χ0) is 19.1. The Bertz CT molecular complexity index is 938. The molecule has 2 aromatic carbocycles. The average molecular weight is 365 g/mol. The summed E-state index contributed by atoms with van der Waals surface area (Å²) < 4.78 is 26.4. The molecule has 0 saturated carbocycles. The number of aromatic nitrogens is 1. The van der Waals surface area contributed by atoms with Gasteiger partial charge >= 0.3 is 0 Å². The van der Waals surface area contributed by atoms with Crippen LogP contribution in [0.25, 0.3) is 6.08 Å². The van der Waals surface area contributed by atoms with Gasteiger partial charge in [0, 0.05) is 18.2 Å². The van der Waals surface area contributed by atoms with E-state index in [4.69, 9.17) is 0 Å². The monoisotopic (exact) mass is 365 g/mol. The number of amides is 1. The summed E-state index contributed by atoms with van der Waals surface area (Å²) in [4.78, 5) is 16.1. The highest BCUT2D eigenvalue weighted by Gasteiger charge is 2.02. The summed E-state index contributed by atoms with van der Waals surface area (Å²) in [6, 6.07) is 15.7. The summed E-state index contributed by atoms with van der Waals surface area (Å²) in [5, 5.41) is 5.71.